The summed E-state index contributed by atoms with van der Waals surface area (Å²) >= 11 is 0. The van der Waals surface area contributed by atoms with Gasteiger partial charge in [0.05, 0.1) is 52.5 Å². The zero-order valence-electron chi connectivity index (χ0n) is 19.4. The molecule has 0 amide bonds. The summed E-state index contributed by atoms with van der Waals surface area (Å²) in [6.45, 7) is 4.20. The quantitative estimate of drug-likeness (QED) is 0.447. The summed E-state index contributed by atoms with van der Waals surface area (Å²) in [6.07, 6.45) is 10.9. The second-order valence-corrected chi connectivity index (χ2v) is 9.15. The van der Waals surface area contributed by atoms with Crippen LogP contribution in [-0.4, -0.2) is 40.8 Å². The van der Waals surface area contributed by atoms with E-state index in [0.29, 0.717) is 25.2 Å². The van der Waals surface area contributed by atoms with E-state index in [4.69, 9.17) is 4.98 Å². The fraction of sp³-hybridized carbons (Fsp3) is 0.308. The molecular formula is C26H26N6O2. The lowest BCUT2D eigenvalue weighted by Crippen LogP contribution is -2.19. The number of carboxylic acid groups (broad SMARTS) is 1. The van der Waals surface area contributed by atoms with Crippen LogP contribution >= 0.6 is 0 Å². The molecular weight excluding hydrogens is 428 g/mol. The van der Waals surface area contributed by atoms with Crippen LogP contribution in [0.25, 0.3) is 22.5 Å². The first-order valence-corrected chi connectivity index (χ1v) is 11.4. The highest BCUT2D eigenvalue weighted by Crippen LogP contribution is 2.48. The zero-order valence-corrected chi connectivity index (χ0v) is 19.4. The first-order valence-electron chi connectivity index (χ1n) is 11.4. The molecule has 4 aromatic rings. The molecule has 34 heavy (non-hydrogen) atoms. The van der Waals surface area contributed by atoms with Gasteiger partial charge in [0.15, 0.2) is 0 Å². The number of hydrogen-bond acceptors (Lipinski definition) is 6. The van der Waals surface area contributed by atoms with E-state index >= 15 is 0 Å². The van der Waals surface area contributed by atoms with E-state index in [1.54, 1.807) is 31.0 Å². The molecule has 0 bridgehead atoms. The van der Waals surface area contributed by atoms with Crippen LogP contribution in [0.1, 0.15) is 55.3 Å². The van der Waals surface area contributed by atoms with Crippen LogP contribution in [0, 0.1) is 0 Å². The Labute approximate surface area is 197 Å². The highest BCUT2D eigenvalue weighted by Gasteiger charge is 2.51. The zero-order chi connectivity index (χ0) is 23.9. The van der Waals surface area contributed by atoms with Gasteiger partial charge in [-0.1, -0.05) is 38.1 Å². The predicted molar refractivity (Wildman–Crippen MR) is 127 cm³/mol. The van der Waals surface area contributed by atoms with Gasteiger partial charge in [0, 0.05) is 37.0 Å². The predicted octanol–water partition coefficient (Wildman–Crippen LogP) is 4.16. The molecule has 1 N–H and O–H groups in total. The van der Waals surface area contributed by atoms with Gasteiger partial charge in [-0.05, 0) is 24.3 Å². The molecule has 8 heteroatoms. The summed E-state index contributed by atoms with van der Waals surface area (Å²) in [5, 5.41) is 13.9. The minimum atomic E-state index is -0.751. The Morgan fingerprint density at radius 2 is 1.74 bits per heavy atom. The van der Waals surface area contributed by atoms with Gasteiger partial charge in [0.1, 0.15) is 0 Å². The minimum Gasteiger partial charge on any atom is -0.481 e. The number of hydrogen-bond donors (Lipinski definition) is 1. The second kappa shape index (κ2) is 8.44. The summed E-state index contributed by atoms with van der Waals surface area (Å²) in [4.78, 5) is 29.9. The summed E-state index contributed by atoms with van der Waals surface area (Å²) in [5.74, 6) is -0.441. The third-order valence-electron chi connectivity index (χ3n) is 6.53. The number of aromatic nitrogens is 6. The Hall–Kier alpha value is -3.94. The average Bonchev–Trinajstić information content (AvgIpc) is 3.59. The number of nitrogens with zero attached hydrogens (tertiary/aromatic N) is 6. The molecule has 3 heterocycles. The van der Waals surface area contributed by atoms with Crippen LogP contribution in [0.2, 0.25) is 0 Å². The third kappa shape index (κ3) is 3.96. The van der Waals surface area contributed by atoms with E-state index in [-0.39, 0.29) is 0 Å². The Balaban J connectivity index is 1.38. The number of rotatable bonds is 7. The molecule has 5 rings (SSSR count). The average molecular weight is 455 g/mol. The molecule has 1 fully saturated rings. The lowest BCUT2D eigenvalue weighted by molar-refractivity contribution is -0.140. The number of aliphatic carboxylic acids is 1. The van der Waals surface area contributed by atoms with E-state index in [1.807, 2.05) is 36.0 Å². The fourth-order valence-electron chi connectivity index (χ4n) is 4.17. The van der Waals surface area contributed by atoms with Crippen LogP contribution in [0.15, 0.2) is 55.2 Å². The van der Waals surface area contributed by atoms with Crippen molar-refractivity contribution in [3.8, 4) is 22.5 Å². The Bertz CT molecular complexity index is 1340. The van der Waals surface area contributed by atoms with Crippen LogP contribution in [0.4, 0.5) is 0 Å². The van der Waals surface area contributed by atoms with E-state index < -0.39 is 11.4 Å². The number of aryl methyl sites for hydroxylation is 1. The van der Waals surface area contributed by atoms with Gasteiger partial charge in [-0.2, -0.15) is 5.10 Å². The molecule has 0 unspecified atom stereocenters. The van der Waals surface area contributed by atoms with Gasteiger partial charge in [0.2, 0.25) is 0 Å². The summed E-state index contributed by atoms with van der Waals surface area (Å²) < 4.78 is 1.84. The molecule has 0 spiro atoms. The molecule has 0 saturated heterocycles. The first-order chi connectivity index (χ1) is 16.4. The van der Waals surface area contributed by atoms with Crippen LogP contribution in [0.5, 0.6) is 0 Å². The largest absolute Gasteiger partial charge is 0.481 e. The SMILES string of the molecule is CC(C)c1cncc(Cc2c(-c3cnc(-c4ccc(C5(C(=O)O)CC5)cc4)cn3)cnn2C)n1. The van der Waals surface area contributed by atoms with E-state index in [9.17, 15) is 9.90 Å². The summed E-state index contributed by atoms with van der Waals surface area (Å²) in [6, 6.07) is 7.60. The Morgan fingerprint density at radius 3 is 2.35 bits per heavy atom. The minimum absolute atomic E-state index is 0.310. The summed E-state index contributed by atoms with van der Waals surface area (Å²) in [7, 11) is 1.91. The number of carbonyl (C=O) groups is 1. The van der Waals surface area contributed by atoms with Gasteiger partial charge in [0.25, 0.3) is 0 Å². The molecule has 3 aromatic heterocycles. The van der Waals surface area contributed by atoms with E-state index in [2.05, 4.69) is 33.9 Å². The smallest absolute Gasteiger partial charge is 0.314 e. The highest BCUT2D eigenvalue weighted by molar-refractivity contribution is 5.85. The second-order valence-electron chi connectivity index (χ2n) is 9.15. The van der Waals surface area contributed by atoms with Crippen LogP contribution < -0.4 is 0 Å². The lowest BCUT2D eigenvalue weighted by Gasteiger charge is -2.11. The highest BCUT2D eigenvalue weighted by atomic mass is 16.4. The Kier molecular flexibility index (Phi) is 5.43. The maximum atomic E-state index is 11.6. The number of benzene rings is 1. The first kappa shape index (κ1) is 21.9. The third-order valence-corrected chi connectivity index (χ3v) is 6.53. The van der Waals surface area contributed by atoms with E-state index in [1.165, 1.54) is 0 Å². The van der Waals surface area contributed by atoms with Gasteiger partial charge in [-0.15, -0.1) is 0 Å². The molecule has 1 aliphatic carbocycles. The van der Waals surface area contributed by atoms with Crippen molar-refractivity contribution in [1.29, 1.82) is 0 Å². The number of carboxylic acids is 1. The van der Waals surface area contributed by atoms with Gasteiger partial charge < -0.3 is 5.11 Å². The molecule has 1 aliphatic rings. The van der Waals surface area contributed by atoms with Crippen molar-refractivity contribution in [3.63, 3.8) is 0 Å². The molecule has 172 valence electrons. The van der Waals surface area contributed by atoms with Gasteiger partial charge >= 0.3 is 5.97 Å². The molecule has 0 aliphatic heterocycles. The maximum Gasteiger partial charge on any atom is 0.314 e. The van der Waals surface area contributed by atoms with Crippen molar-refractivity contribution in [2.75, 3.05) is 0 Å². The van der Waals surface area contributed by atoms with E-state index in [0.717, 1.165) is 45.2 Å². The van der Waals surface area contributed by atoms with Crippen molar-refractivity contribution in [1.82, 2.24) is 29.7 Å². The lowest BCUT2D eigenvalue weighted by atomic mass is 9.95. The molecule has 0 radical (unpaired) electrons. The Morgan fingerprint density at radius 1 is 1.03 bits per heavy atom. The topological polar surface area (TPSA) is 107 Å². The van der Waals surface area contributed by atoms with Gasteiger partial charge in [-0.3, -0.25) is 29.4 Å². The summed E-state index contributed by atoms with van der Waals surface area (Å²) in [5.41, 5.74) is 6.26. The van der Waals surface area contributed by atoms with Crippen molar-refractivity contribution >= 4 is 5.97 Å². The van der Waals surface area contributed by atoms with Crippen LogP contribution in [-0.2, 0) is 23.7 Å². The van der Waals surface area contributed by atoms with Crippen molar-refractivity contribution in [2.24, 2.45) is 7.05 Å². The fourth-order valence-corrected chi connectivity index (χ4v) is 4.17. The normalized spacial score (nSPS) is 14.4. The monoisotopic (exact) mass is 454 g/mol. The van der Waals surface area contributed by atoms with Crippen molar-refractivity contribution in [2.45, 2.75) is 44.4 Å². The molecule has 1 saturated carbocycles. The van der Waals surface area contributed by atoms with Crippen molar-refractivity contribution < 1.29 is 9.90 Å². The maximum absolute atomic E-state index is 11.6. The molecule has 1 aromatic carbocycles. The van der Waals surface area contributed by atoms with Crippen molar-refractivity contribution in [3.05, 3.63) is 77.9 Å². The van der Waals surface area contributed by atoms with Gasteiger partial charge in [-0.25, -0.2) is 0 Å². The standard InChI is InChI=1S/C26H26N6O2/c1-16(2)21-13-27-11-19(31-21)10-24-20(12-30-32(24)3)23-15-28-22(14-29-23)17-4-6-18(7-5-17)26(8-9-26)25(33)34/h4-7,11-16H,8-10H2,1-3H3,(H,33,34). The van der Waals surface area contributed by atoms with Crippen LogP contribution in [0.3, 0.4) is 0 Å². The molecule has 8 nitrogen and oxygen atoms in total. The molecule has 0 atom stereocenters.